The van der Waals surface area contributed by atoms with Gasteiger partial charge in [-0.05, 0) is 49.1 Å². The predicted molar refractivity (Wildman–Crippen MR) is 98.4 cm³/mol. The van der Waals surface area contributed by atoms with Gasteiger partial charge in [-0.25, -0.2) is 4.98 Å². The zero-order valence-corrected chi connectivity index (χ0v) is 14.8. The zero-order chi connectivity index (χ0) is 16.0. The number of thioether (sulfide) groups is 1. The Balaban J connectivity index is 2.09. The van der Waals surface area contributed by atoms with Crippen LogP contribution < -0.4 is 5.56 Å². The molecule has 0 saturated heterocycles. The number of thiophene rings is 1. The van der Waals surface area contributed by atoms with Crippen molar-refractivity contribution in [3.8, 4) is 5.69 Å². The molecule has 118 valence electrons. The smallest absolute Gasteiger partial charge is 0.267 e. The van der Waals surface area contributed by atoms with Crippen LogP contribution in [0.5, 0.6) is 0 Å². The number of hydrogen-bond acceptors (Lipinski definition) is 4. The summed E-state index contributed by atoms with van der Waals surface area (Å²) < 4.78 is 1.77. The highest BCUT2D eigenvalue weighted by atomic mass is 32.2. The Labute approximate surface area is 143 Å². The van der Waals surface area contributed by atoms with Gasteiger partial charge in [-0.3, -0.25) is 9.36 Å². The Morgan fingerprint density at radius 2 is 2.09 bits per heavy atom. The number of aromatic nitrogens is 2. The molecule has 2 aromatic heterocycles. The van der Waals surface area contributed by atoms with E-state index in [1.54, 1.807) is 15.9 Å². The molecule has 1 aliphatic rings. The maximum atomic E-state index is 13.3. The summed E-state index contributed by atoms with van der Waals surface area (Å²) in [6.45, 7) is 2.24. The van der Waals surface area contributed by atoms with Gasteiger partial charge in [0.25, 0.3) is 5.56 Å². The molecule has 1 unspecified atom stereocenters. The summed E-state index contributed by atoms with van der Waals surface area (Å²) in [4.78, 5) is 20.4. The summed E-state index contributed by atoms with van der Waals surface area (Å²) in [5.41, 5.74) is 2.22. The predicted octanol–water partition coefficient (Wildman–Crippen LogP) is 4.61. The molecular weight excluding hydrogens is 324 g/mol. The van der Waals surface area contributed by atoms with E-state index < -0.39 is 0 Å². The monoisotopic (exact) mass is 342 g/mol. The van der Waals surface area contributed by atoms with Gasteiger partial charge in [-0.1, -0.05) is 36.9 Å². The summed E-state index contributed by atoms with van der Waals surface area (Å²) in [6, 6.07) is 9.82. The van der Waals surface area contributed by atoms with Crippen LogP contribution >= 0.6 is 23.1 Å². The number of nitrogens with zero attached hydrogens (tertiary/aromatic N) is 2. The van der Waals surface area contributed by atoms with E-state index in [0.717, 1.165) is 33.9 Å². The minimum absolute atomic E-state index is 0.0804. The van der Waals surface area contributed by atoms with Gasteiger partial charge in [0.15, 0.2) is 5.16 Å². The van der Waals surface area contributed by atoms with Crippen LogP contribution in [0.3, 0.4) is 0 Å². The molecular formula is C18H18N2OS2. The average molecular weight is 342 g/mol. The molecule has 0 bridgehead atoms. The second-order valence-corrected chi connectivity index (χ2v) is 7.84. The fourth-order valence-corrected chi connectivity index (χ4v) is 5.40. The van der Waals surface area contributed by atoms with Crippen molar-refractivity contribution in [3.05, 3.63) is 51.1 Å². The summed E-state index contributed by atoms with van der Waals surface area (Å²) in [7, 11) is 0. The van der Waals surface area contributed by atoms with Crippen LogP contribution in [-0.4, -0.2) is 15.8 Å². The van der Waals surface area contributed by atoms with Gasteiger partial charge in [0.05, 0.1) is 11.1 Å². The largest absolute Gasteiger partial charge is 0.268 e. The van der Waals surface area contributed by atoms with Gasteiger partial charge in [0, 0.05) is 4.88 Å². The van der Waals surface area contributed by atoms with Crippen LogP contribution in [0.15, 0.2) is 40.3 Å². The van der Waals surface area contributed by atoms with Gasteiger partial charge in [-0.2, -0.15) is 0 Å². The fraction of sp³-hybridized carbons (Fsp3) is 0.333. The standard InChI is InChI=1S/C18H18N2OS2/c1-11-7-6-10-13-14(11)15-16(23-13)19-18(22-2)20(17(15)21)12-8-4-3-5-9-12/h3-5,8-9,11H,6-7,10H2,1-2H3. The van der Waals surface area contributed by atoms with Crippen molar-refractivity contribution in [1.29, 1.82) is 0 Å². The van der Waals surface area contributed by atoms with Gasteiger partial charge in [-0.15, -0.1) is 11.3 Å². The van der Waals surface area contributed by atoms with Crippen LogP contribution in [0.25, 0.3) is 15.9 Å². The molecule has 0 amide bonds. The normalized spacial score (nSPS) is 17.4. The molecule has 0 radical (unpaired) electrons. The van der Waals surface area contributed by atoms with Crippen molar-refractivity contribution in [2.75, 3.05) is 6.26 Å². The Kier molecular flexibility index (Phi) is 3.77. The van der Waals surface area contributed by atoms with Crippen molar-refractivity contribution >= 4 is 33.3 Å². The minimum Gasteiger partial charge on any atom is -0.268 e. The van der Waals surface area contributed by atoms with E-state index in [0.29, 0.717) is 5.92 Å². The molecule has 3 nitrogen and oxygen atoms in total. The molecule has 1 aliphatic carbocycles. The molecule has 1 aromatic carbocycles. The van der Waals surface area contributed by atoms with Crippen LogP contribution in [0, 0.1) is 0 Å². The van der Waals surface area contributed by atoms with Crippen LogP contribution in [0.1, 0.15) is 36.1 Å². The highest BCUT2D eigenvalue weighted by Crippen LogP contribution is 2.40. The zero-order valence-electron chi connectivity index (χ0n) is 13.2. The summed E-state index contributed by atoms with van der Waals surface area (Å²) in [6.07, 6.45) is 5.43. The van der Waals surface area contributed by atoms with Crippen molar-refractivity contribution in [1.82, 2.24) is 9.55 Å². The lowest BCUT2D eigenvalue weighted by Gasteiger charge is -2.18. The Morgan fingerprint density at radius 3 is 2.83 bits per heavy atom. The second-order valence-electron chi connectivity index (χ2n) is 5.99. The van der Waals surface area contributed by atoms with Crippen molar-refractivity contribution in [3.63, 3.8) is 0 Å². The van der Waals surface area contributed by atoms with Gasteiger partial charge in [0.1, 0.15) is 4.83 Å². The Bertz CT molecular complexity index is 928. The molecule has 0 N–H and O–H groups in total. The lowest BCUT2D eigenvalue weighted by molar-refractivity contribution is 0.601. The van der Waals surface area contributed by atoms with Crippen LogP contribution in [0.4, 0.5) is 0 Å². The van der Waals surface area contributed by atoms with E-state index >= 15 is 0 Å². The Morgan fingerprint density at radius 1 is 1.30 bits per heavy atom. The van der Waals surface area contributed by atoms with Crippen molar-refractivity contribution in [2.24, 2.45) is 0 Å². The lowest BCUT2D eigenvalue weighted by atomic mass is 9.88. The first-order valence-corrected chi connectivity index (χ1v) is 9.92. The maximum absolute atomic E-state index is 13.3. The number of fused-ring (bicyclic) bond motifs is 3. The summed E-state index contributed by atoms with van der Waals surface area (Å²) in [5, 5.41) is 1.61. The minimum atomic E-state index is 0.0804. The molecule has 0 saturated carbocycles. The molecule has 0 aliphatic heterocycles. The number of para-hydroxylation sites is 1. The number of aryl methyl sites for hydroxylation is 1. The van der Waals surface area contributed by atoms with Gasteiger partial charge >= 0.3 is 0 Å². The third-order valence-electron chi connectivity index (χ3n) is 4.54. The third-order valence-corrected chi connectivity index (χ3v) is 6.34. The SMILES string of the molecule is CSc1nc2sc3c(c2c(=O)n1-c1ccccc1)C(C)CCC3. The van der Waals surface area contributed by atoms with E-state index in [1.807, 2.05) is 36.6 Å². The number of benzene rings is 1. The van der Waals surface area contributed by atoms with E-state index in [2.05, 4.69) is 6.92 Å². The quantitative estimate of drug-likeness (QED) is 0.504. The maximum Gasteiger partial charge on any atom is 0.267 e. The fourth-order valence-electron chi connectivity index (χ4n) is 3.46. The highest BCUT2D eigenvalue weighted by Gasteiger charge is 2.26. The summed E-state index contributed by atoms with van der Waals surface area (Å²) >= 11 is 3.24. The topological polar surface area (TPSA) is 34.9 Å². The van der Waals surface area contributed by atoms with Crippen LogP contribution in [0.2, 0.25) is 0 Å². The van der Waals surface area contributed by atoms with Crippen LogP contribution in [-0.2, 0) is 6.42 Å². The molecule has 0 spiro atoms. The van der Waals surface area contributed by atoms with E-state index in [-0.39, 0.29) is 5.56 Å². The molecule has 5 heteroatoms. The molecule has 4 rings (SSSR count). The lowest BCUT2D eigenvalue weighted by Crippen LogP contribution is -2.22. The number of hydrogen-bond donors (Lipinski definition) is 0. The van der Waals surface area contributed by atoms with Gasteiger partial charge in [0.2, 0.25) is 0 Å². The van der Waals surface area contributed by atoms with Crippen molar-refractivity contribution < 1.29 is 0 Å². The third kappa shape index (κ3) is 2.34. The van der Waals surface area contributed by atoms with Gasteiger partial charge < -0.3 is 0 Å². The van der Waals surface area contributed by atoms with E-state index in [9.17, 15) is 4.79 Å². The molecule has 0 fully saturated rings. The summed E-state index contributed by atoms with van der Waals surface area (Å²) in [5.74, 6) is 0.450. The molecule has 23 heavy (non-hydrogen) atoms. The van der Waals surface area contributed by atoms with E-state index in [4.69, 9.17) is 4.98 Å². The van der Waals surface area contributed by atoms with E-state index in [1.165, 1.54) is 28.6 Å². The van der Waals surface area contributed by atoms with Crippen molar-refractivity contribution in [2.45, 2.75) is 37.3 Å². The molecule has 1 atom stereocenters. The Hall–Kier alpha value is -1.59. The molecule has 3 aromatic rings. The first-order chi connectivity index (χ1) is 11.2. The average Bonchev–Trinajstić information content (AvgIpc) is 2.95. The second kappa shape index (κ2) is 5.80. The number of rotatable bonds is 2. The molecule has 2 heterocycles. The first-order valence-electron chi connectivity index (χ1n) is 7.88. The highest BCUT2D eigenvalue weighted by molar-refractivity contribution is 7.98. The first kappa shape index (κ1) is 15.0.